The van der Waals surface area contributed by atoms with Gasteiger partial charge in [-0.1, -0.05) is 19.1 Å². The minimum atomic E-state index is 0.317. The summed E-state index contributed by atoms with van der Waals surface area (Å²) in [5.74, 6) is 2.31. The van der Waals surface area contributed by atoms with Crippen molar-refractivity contribution in [3.63, 3.8) is 0 Å². The Hall–Kier alpha value is -1.23. The van der Waals surface area contributed by atoms with Crippen molar-refractivity contribution in [1.82, 2.24) is 9.97 Å². The summed E-state index contributed by atoms with van der Waals surface area (Å²) < 4.78 is 0. The van der Waals surface area contributed by atoms with E-state index < -0.39 is 0 Å². The molecule has 1 aliphatic carbocycles. The maximum absolute atomic E-state index is 5.54. The zero-order chi connectivity index (χ0) is 11.7. The van der Waals surface area contributed by atoms with Gasteiger partial charge in [0.05, 0.1) is 0 Å². The van der Waals surface area contributed by atoms with E-state index in [2.05, 4.69) is 21.8 Å². The molecule has 1 aliphatic rings. The van der Waals surface area contributed by atoms with Gasteiger partial charge in [0.1, 0.15) is 10.7 Å². The normalized spacial score (nSPS) is 22.9. The maximum Gasteiger partial charge on any atom is 0.225 e. The molecule has 1 saturated carbocycles. The van der Waals surface area contributed by atoms with E-state index in [0.717, 1.165) is 18.4 Å². The number of anilines is 1. The summed E-state index contributed by atoms with van der Waals surface area (Å²) in [6.07, 6.45) is 3.00. The third-order valence-corrected chi connectivity index (χ3v) is 3.23. The number of thiocarbonyl (C=S) groups is 1. The Morgan fingerprint density at radius 2 is 2.38 bits per heavy atom. The Labute approximate surface area is 101 Å². The van der Waals surface area contributed by atoms with Crippen molar-refractivity contribution in [2.24, 2.45) is 17.6 Å². The van der Waals surface area contributed by atoms with Crippen molar-refractivity contribution in [3.05, 3.63) is 18.0 Å². The van der Waals surface area contributed by atoms with Gasteiger partial charge in [-0.25, -0.2) is 9.97 Å². The minimum Gasteiger partial charge on any atom is -0.388 e. The van der Waals surface area contributed by atoms with E-state index in [1.54, 1.807) is 12.3 Å². The molecule has 86 valence electrons. The number of nitrogens with zero attached hydrogens (tertiary/aromatic N) is 3. The van der Waals surface area contributed by atoms with Crippen molar-refractivity contribution in [1.29, 1.82) is 0 Å². The van der Waals surface area contributed by atoms with Crippen LogP contribution in [-0.2, 0) is 0 Å². The summed E-state index contributed by atoms with van der Waals surface area (Å²) >= 11 is 4.90. The lowest BCUT2D eigenvalue weighted by molar-refractivity contribution is 0.711. The smallest absolute Gasteiger partial charge is 0.225 e. The first kappa shape index (κ1) is 11.3. The summed E-state index contributed by atoms with van der Waals surface area (Å²) in [4.78, 5) is 10.9. The monoisotopic (exact) mass is 236 g/mol. The molecule has 0 spiro atoms. The summed E-state index contributed by atoms with van der Waals surface area (Å²) in [5, 5.41) is 0. The summed E-state index contributed by atoms with van der Waals surface area (Å²) in [7, 11) is 2.00. The minimum absolute atomic E-state index is 0.317. The van der Waals surface area contributed by atoms with E-state index >= 15 is 0 Å². The first-order valence-corrected chi connectivity index (χ1v) is 5.82. The molecule has 2 N–H and O–H groups in total. The van der Waals surface area contributed by atoms with E-state index in [0.29, 0.717) is 16.6 Å². The molecule has 2 atom stereocenters. The molecule has 0 saturated heterocycles. The molecule has 1 aromatic heterocycles. The third kappa shape index (κ3) is 2.47. The van der Waals surface area contributed by atoms with Crippen LogP contribution in [0.15, 0.2) is 12.3 Å². The van der Waals surface area contributed by atoms with Crippen LogP contribution in [0.5, 0.6) is 0 Å². The van der Waals surface area contributed by atoms with E-state index in [9.17, 15) is 0 Å². The Bertz CT molecular complexity index is 407. The number of nitrogens with two attached hydrogens (primary N) is 1. The zero-order valence-electron chi connectivity index (χ0n) is 9.55. The second kappa shape index (κ2) is 4.33. The Balaban J connectivity index is 2.07. The van der Waals surface area contributed by atoms with Crippen LogP contribution in [0.3, 0.4) is 0 Å². The van der Waals surface area contributed by atoms with Crippen LogP contribution >= 0.6 is 12.2 Å². The highest BCUT2D eigenvalue weighted by molar-refractivity contribution is 7.80. The van der Waals surface area contributed by atoms with Gasteiger partial charge >= 0.3 is 0 Å². The van der Waals surface area contributed by atoms with Gasteiger partial charge in [-0.3, -0.25) is 0 Å². The molecule has 0 radical (unpaired) electrons. The third-order valence-electron chi connectivity index (χ3n) is 3.02. The van der Waals surface area contributed by atoms with Crippen molar-refractivity contribution < 1.29 is 0 Å². The standard InChI is InChI=1S/C11H16N4S/c1-7-5-8(7)6-15(2)11-13-4-3-9(14-11)10(12)16/h3-4,7-8H,5-6H2,1-2H3,(H2,12,16). The number of aromatic nitrogens is 2. The van der Waals surface area contributed by atoms with Crippen LogP contribution in [0.1, 0.15) is 19.0 Å². The Morgan fingerprint density at radius 1 is 1.69 bits per heavy atom. The molecule has 1 aromatic rings. The maximum atomic E-state index is 5.54. The highest BCUT2D eigenvalue weighted by Crippen LogP contribution is 2.38. The lowest BCUT2D eigenvalue weighted by Crippen LogP contribution is -2.24. The first-order valence-electron chi connectivity index (χ1n) is 5.42. The fraction of sp³-hybridized carbons (Fsp3) is 0.545. The summed E-state index contributed by atoms with van der Waals surface area (Å²) in [5.41, 5.74) is 6.18. The second-order valence-electron chi connectivity index (χ2n) is 4.46. The van der Waals surface area contributed by atoms with E-state index in [1.807, 2.05) is 7.05 Å². The summed E-state index contributed by atoms with van der Waals surface area (Å²) in [6.45, 7) is 3.27. The van der Waals surface area contributed by atoms with Crippen LogP contribution in [0, 0.1) is 11.8 Å². The van der Waals surface area contributed by atoms with Gasteiger partial charge < -0.3 is 10.6 Å². The molecule has 16 heavy (non-hydrogen) atoms. The molecule has 0 bridgehead atoms. The molecular formula is C11H16N4S. The van der Waals surface area contributed by atoms with Gasteiger partial charge in [-0.2, -0.15) is 0 Å². The fourth-order valence-electron chi connectivity index (χ4n) is 1.76. The lowest BCUT2D eigenvalue weighted by Gasteiger charge is -2.16. The van der Waals surface area contributed by atoms with Crippen LogP contribution in [-0.4, -0.2) is 28.5 Å². The van der Waals surface area contributed by atoms with Gasteiger partial charge in [0.2, 0.25) is 5.95 Å². The first-order chi connectivity index (χ1) is 7.58. The fourth-order valence-corrected chi connectivity index (χ4v) is 1.87. The number of rotatable bonds is 4. The van der Waals surface area contributed by atoms with Crippen molar-refractivity contribution >= 4 is 23.2 Å². The Morgan fingerprint density at radius 3 is 2.94 bits per heavy atom. The van der Waals surface area contributed by atoms with Crippen LogP contribution < -0.4 is 10.6 Å². The number of hydrogen-bond acceptors (Lipinski definition) is 4. The molecular weight excluding hydrogens is 220 g/mol. The van der Waals surface area contributed by atoms with Gasteiger partial charge in [0.15, 0.2) is 0 Å². The highest BCUT2D eigenvalue weighted by atomic mass is 32.1. The average molecular weight is 236 g/mol. The predicted molar refractivity (Wildman–Crippen MR) is 68.5 cm³/mol. The SMILES string of the molecule is CC1CC1CN(C)c1nccc(C(N)=S)n1. The van der Waals surface area contributed by atoms with E-state index in [4.69, 9.17) is 18.0 Å². The van der Waals surface area contributed by atoms with Gasteiger partial charge in [-0.05, 0) is 24.3 Å². The quantitative estimate of drug-likeness (QED) is 0.796. The molecule has 2 unspecified atom stereocenters. The van der Waals surface area contributed by atoms with Gasteiger partial charge in [0.25, 0.3) is 0 Å². The number of hydrogen-bond donors (Lipinski definition) is 1. The lowest BCUT2D eigenvalue weighted by atomic mass is 10.3. The molecule has 4 nitrogen and oxygen atoms in total. The zero-order valence-corrected chi connectivity index (χ0v) is 10.4. The van der Waals surface area contributed by atoms with Crippen LogP contribution in [0.25, 0.3) is 0 Å². The molecule has 1 fully saturated rings. The van der Waals surface area contributed by atoms with Crippen molar-refractivity contribution in [2.45, 2.75) is 13.3 Å². The largest absolute Gasteiger partial charge is 0.388 e. The van der Waals surface area contributed by atoms with Gasteiger partial charge in [0, 0.05) is 19.8 Å². The molecule has 0 aliphatic heterocycles. The molecule has 5 heteroatoms. The molecule has 0 amide bonds. The van der Waals surface area contributed by atoms with Gasteiger partial charge in [-0.15, -0.1) is 0 Å². The molecule has 1 heterocycles. The second-order valence-corrected chi connectivity index (χ2v) is 4.90. The molecule has 0 aromatic carbocycles. The van der Waals surface area contributed by atoms with Crippen LogP contribution in [0.2, 0.25) is 0 Å². The predicted octanol–water partition coefficient (Wildman–Crippen LogP) is 1.20. The van der Waals surface area contributed by atoms with E-state index in [1.165, 1.54) is 6.42 Å². The summed E-state index contributed by atoms with van der Waals surface area (Å²) in [6, 6.07) is 1.74. The average Bonchev–Trinajstić information content (AvgIpc) is 2.94. The molecule has 2 rings (SSSR count). The topological polar surface area (TPSA) is 55.0 Å². The van der Waals surface area contributed by atoms with Crippen LogP contribution in [0.4, 0.5) is 5.95 Å². The van der Waals surface area contributed by atoms with E-state index in [-0.39, 0.29) is 0 Å². The highest BCUT2D eigenvalue weighted by Gasteiger charge is 2.33. The Kier molecular flexibility index (Phi) is 3.05. The van der Waals surface area contributed by atoms with Crippen molar-refractivity contribution in [2.75, 3.05) is 18.5 Å². The van der Waals surface area contributed by atoms with Crippen molar-refractivity contribution in [3.8, 4) is 0 Å².